The molecule has 1 heterocycles. The molecule has 1 amide bonds. The third-order valence-electron chi connectivity index (χ3n) is 5.94. The highest BCUT2D eigenvalue weighted by Crippen LogP contribution is 2.28. The zero-order valence-corrected chi connectivity index (χ0v) is 20.1. The van der Waals surface area contributed by atoms with Crippen molar-refractivity contribution in [3.05, 3.63) is 58.7 Å². The molecule has 33 heavy (non-hydrogen) atoms. The average molecular weight is 475 g/mol. The van der Waals surface area contributed by atoms with Gasteiger partial charge in [0.05, 0.1) is 11.0 Å². The first-order chi connectivity index (χ1) is 15.5. The third kappa shape index (κ3) is 5.43. The van der Waals surface area contributed by atoms with Crippen molar-refractivity contribution in [2.75, 3.05) is 18.5 Å². The summed E-state index contributed by atoms with van der Waals surface area (Å²) in [7, 11) is -4.03. The summed E-state index contributed by atoms with van der Waals surface area (Å²) >= 11 is 0. The van der Waals surface area contributed by atoms with Crippen molar-refractivity contribution in [3.63, 3.8) is 0 Å². The minimum atomic E-state index is -4.03. The van der Waals surface area contributed by atoms with Crippen LogP contribution in [0.3, 0.4) is 0 Å². The number of hydrogen-bond acceptors (Lipinski definition) is 6. The third-order valence-corrected chi connectivity index (χ3v) is 7.81. The second-order valence-electron chi connectivity index (χ2n) is 8.34. The monoisotopic (exact) mass is 474 g/mol. The normalized spacial score (nSPS) is 18.8. The Bertz CT molecular complexity index is 1160. The van der Waals surface area contributed by atoms with Crippen molar-refractivity contribution >= 4 is 27.6 Å². The van der Waals surface area contributed by atoms with Crippen LogP contribution in [0.5, 0.6) is 0 Å². The van der Waals surface area contributed by atoms with Gasteiger partial charge in [0.2, 0.25) is 10.0 Å². The number of aryl methyl sites for hydroxylation is 4. The second kappa shape index (κ2) is 10.0. The van der Waals surface area contributed by atoms with Crippen molar-refractivity contribution < 1.29 is 27.9 Å². The van der Waals surface area contributed by atoms with E-state index in [2.05, 4.69) is 5.32 Å². The van der Waals surface area contributed by atoms with Crippen LogP contribution in [0.25, 0.3) is 0 Å². The molecular weight excluding hydrogens is 444 g/mol. The zero-order valence-electron chi connectivity index (χ0n) is 19.3. The molecule has 0 saturated carbocycles. The molecule has 1 aliphatic rings. The minimum absolute atomic E-state index is 0.0434. The van der Waals surface area contributed by atoms with Crippen LogP contribution in [0, 0.1) is 20.8 Å². The topological polar surface area (TPSA) is 113 Å². The Labute approximate surface area is 194 Å². The molecule has 178 valence electrons. The Morgan fingerprint density at radius 2 is 1.85 bits per heavy atom. The van der Waals surface area contributed by atoms with E-state index in [1.807, 2.05) is 39.0 Å². The van der Waals surface area contributed by atoms with Gasteiger partial charge in [-0.15, -0.1) is 0 Å². The van der Waals surface area contributed by atoms with E-state index in [4.69, 9.17) is 4.74 Å². The molecule has 8 nitrogen and oxygen atoms in total. The summed E-state index contributed by atoms with van der Waals surface area (Å²) < 4.78 is 32.5. The molecule has 2 aromatic carbocycles. The van der Waals surface area contributed by atoms with Crippen molar-refractivity contribution in [1.29, 1.82) is 0 Å². The zero-order chi connectivity index (χ0) is 24.3. The van der Waals surface area contributed by atoms with E-state index in [0.29, 0.717) is 5.69 Å². The number of ether oxygens (including phenoxy) is 1. The molecule has 9 heteroatoms. The summed E-state index contributed by atoms with van der Waals surface area (Å²) in [6.45, 7) is 6.74. The molecule has 1 aliphatic heterocycles. The molecule has 2 aromatic rings. The lowest BCUT2D eigenvalue weighted by atomic mass is 10.1. The summed E-state index contributed by atoms with van der Waals surface area (Å²) in [5.74, 6) is -1.39. The SMILES string of the molecule is CCc1cccc(C)c1NC(=O)COC(=O)C1CC(O)CN1S(=O)(=O)c1ccc(C)c(C)c1. The summed E-state index contributed by atoms with van der Waals surface area (Å²) in [6.07, 6.45) is -0.373. The van der Waals surface area contributed by atoms with Crippen LogP contribution in [0.15, 0.2) is 41.3 Å². The van der Waals surface area contributed by atoms with Crippen molar-refractivity contribution in [2.24, 2.45) is 0 Å². The molecular formula is C24H30N2O6S. The first-order valence-electron chi connectivity index (χ1n) is 10.9. The van der Waals surface area contributed by atoms with Gasteiger partial charge in [0, 0.05) is 18.7 Å². The van der Waals surface area contributed by atoms with E-state index in [1.165, 1.54) is 6.07 Å². The summed E-state index contributed by atoms with van der Waals surface area (Å²) in [5.41, 5.74) is 4.26. The fraction of sp³-hybridized carbons (Fsp3) is 0.417. The Balaban J connectivity index is 1.71. The first-order valence-corrected chi connectivity index (χ1v) is 12.3. The molecule has 0 aliphatic carbocycles. The number of esters is 1. The quantitative estimate of drug-likeness (QED) is 0.596. The maximum Gasteiger partial charge on any atom is 0.325 e. The van der Waals surface area contributed by atoms with Gasteiger partial charge in [-0.2, -0.15) is 4.31 Å². The summed E-state index contributed by atoms with van der Waals surface area (Å²) in [4.78, 5) is 25.2. The van der Waals surface area contributed by atoms with E-state index in [1.54, 1.807) is 19.1 Å². The molecule has 1 saturated heterocycles. The number of nitrogens with one attached hydrogen (secondary N) is 1. The van der Waals surface area contributed by atoms with Gasteiger partial charge in [0.1, 0.15) is 6.04 Å². The molecule has 0 radical (unpaired) electrons. The number of para-hydroxylation sites is 1. The highest BCUT2D eigenvalue weighted by molar-refractivity contribution is 7.89. The fourth-order valence-electron chi connectivity index (χ4n) is 3.88. The van der Waals surface area contributed by atoms with Crippen LogP contribution in [0.2, 0.25) is 0 Å². The van der Waals surface area contributed by atoms with Gasteiger partial charge in [-0.1, -0.05) is 31.2 Å². The number of hydrogen-bond donors (Lipinski definition) is 2. The molecule has 0 aromatic heterocycles. The maximum absolute atomic E-state index is 13.2. The number of aliphatic hydroxyl groups is 1. The second-order valence-corrected chi connectivity index (χ2v) is 10.2. The predicted octanol–water partition coefficient (Wildman–Crippen LogP) is 2.48. The van der Waals surface area contributed by atoms with Crippen LogP contribution in [-0.4, -0.2) is 55.0 Å². The Morgan fingerprint density at radius 1 is 1.12 bits per heavy atom. The van der Waals surface area contributed by atoms with Crippen LogP contribution in [0.4, 0.5) is 5.69 Å². The smallest absolute Gasteiger partial charge is 0.325 e. The highest BCUT2D eigenvalue weighted by atomic mass is 32.2. The van der Waals surface area contributed by atoms with E-state index < -0.39 is 40.7 Å². The molecule has 0 bridgehead atoms. The molecule has 1 fully saturated rings. The molecule has 0 spiro atoms. The highest BCUT2D eigenvalue weighted by Gasteiger charge is 2.44. The number of benzene rings is 2. The lowest BCUT2D eigenvalue weighted by Gasteiger charge is -2.23. The Morgan fingerprint density at radius 3 is 2.52 bits per heavy atom. The number of carbonyl (C=O) groups excluding carboxylic acids is 2. The van der Waals surface area contributed by atoms with Gasteiger partial charge < -0.3 is 15.2 Å². The van der Waals surface area contributed by atoms with Crippen LogP contribution in [0.1, 0.15) is 35.6 Å². The number of sulfonamides is 1. The predicted molar refractivity (Wildman–Crippen MR) is 124 cm³/mol. The van der Waals surface area contributed by atoms with Crippen LogP contribution < -0.4 is 5.32 Å². The van der Waals surface area contributed by atoms with Crippen molar-refractivity contribution in [3.8, 4) is 0 Å². The fourth-order valence-corrected chi connectivity index (χ4v) is 5.60. The van der Waals surface area contributed by atoms with Gasteiger partial charge in [0.25, 0.3) is 5.91 Å². The van der Waals surface area contributed by atoms with Crippen LogP contribution in [-0.2, 0) is 30.8 Å². The van der Waals surface area contributed by atoms with E-state index in [-0.39, 0.29) is 17.9 Å². The number of nitrogens with zero attached hydrogens (tertiary/aromatic N) is 1. The van der Waals surface area contributed by atoms with Crippen molar-refractivity contribution in [2.45, 2.75) is 57.6 Å². The largest absolute Gasteiger partial charge is 0.454 e. The standard InChI is InChI=1S/C24H30N2O6S/c1-5-18-8-6-7-16(3)23(18)25-22(28)14-32-24(29)21-12-19(27)13-26(21)33(30,31)20-10-9-15(2)17(4)11-20/h6-11,19,21,27H,5,12-14H2,1-4H3,(H,25,28). The van der Waals surface area contributed by atoms with Crippen LogP contribution >= 0.6 is 0 Å². The lowest BCUT2D eigenvalue weighted by molar-refractivity contribution is -0.150. The number of aliphatic hydroxyl groups excluding tert-OH is 1. The van der Waals surface area contributed by atoms with Gasteiger partial charge in [-0.3, -0.25) is 9.59 Å². The lowest BCUT2D eigenvalue weighted by Crippen LogP contribution is -2.42. The van der Waals surface area contributed by atoms with E-state index in [0.717, 1.165) is 33.0 Å². The van der Waals surface area contributed by atoms with E-state index >= 15 is 0 Å². The Kier molecular flexibility index (Phi) is 7.56. The van der Waals surface area contributed by atoms with Gasteiger partial charge in [0.15, 0.2) is 6.61 Å². The van der Waals surface area contributed by atoms with Gasteiger partial charge in [-0.05, 0) is 61.6 Å². The number of amides is 1. The van der Waals surface area contributed by atoms with Crippen molar-refractivity contribution in [1.82, 2.24) is 4.31 Å². The summed E-state index contributed by atoms with van der Waals surface area (Å²) in [6, 6.07) is 9.19. The first kappa shape index (κ1) is 24.9. The Hall–Kier alpha value is -2.75. The average Bonchev–Trinajstić information content (AvgIpc) is 3.18. The van der Waals surface area contributed by atoms with Gasteiger partial charge in [-0.25, -0.2) is 8.42 Å². The number of β-amino-alcohol motifs (C(OH)–C–C–N with tert-alkyl or cyclic N) is 1. The van der Waals surface area contributed by atoms with Gasteiger partial charge >= 0.3 is 5.97 Å². The molecule has 2 N–H and O–H groups in total. The van der Waals surface area contributed by atoms with E-state index in [9.17, 15) is 23.1 Å². The summed E-state index contributed by atoms with van der Waals surface area (Å²) in [5, 5.41) is 12.9. The number of carbonyl (C=O) groups is 2. The maximum atomic E-state index is 13.2. The minimum Gasteiger partial charge on any atom is -0.454 e. The molecule has 3 rings (SSSR count). The number of rotatable bonds is 7. The molecule has 2 atom stereocenters. The molecule has 2 unspecified atom stereocenters. The number of anilines is 1.